The van der Waals surface area contributed by atoms with Gasteiger partial charge in [0.1, 0.15) is 22.8 Å². The van der Waals surface area contributed by atoms with Crippen molar-refractivity contribution in [2.75, 3.05) is 51.4 Å². The monoisotopic (exact) mass is 517 g/mol. The number of morpholine rings is 1. The van der Waals surface area contributed by atoms with Crippen molar-refractivity contribution in [2.45, 2.75) is 13.3 Å². The van der Waals surface area contributed by atoms with Gasteiger partial charge < -0.3 is 14.2 Å². The van der Waals surface area contributed by atoms with Crippen LogP contribution in [0.5, 0.6) is 17.2 Å². The number of rotatable bonds is 9. The maximum absolute atomic E-state index is 14.1. The largest absolute Gasteiger partial charge is 0.494 e. The fraction of sp³-hybridized carbons (Fsp3) is 0.310. The van der Waals surface area contributed by atoms with E-state index in [9.17, 15) is 4.79 Å². The van der Waals surface area contributed by atoms with Gasteiger partial charge in [-0.05, 0) is 49.2 Å². The zero-order valence-corrected chi connectivity index (χ0v) is 22.0. The number of carbonyl (C=O) groups excluding carboxylic acids is 1. The number of aryl methyl sites for hydroxylation is 1. The van der Waals surface area contributed by atoms with Gasteiger partial charge in [-0.3, -0.25) is 14.6 Å². The first-order valence-corrected chi connectivity index (χ1v) is 13.3. The van der Waals surface area contributed by atoms with Crippen LogP contribution in [0.4, 0.5) is 5.13 Å². The van der Waals surface area contributed by atoms with E-state index < -0.39 is 0 Å². The van der Waals surface area contributed by atoms with Gasteiger partial charge in [0.2, 0.25) is 0 Å². The number of hydrogen-bond donors (Lipinski definition) is 0. The SMILES string of the molecule is COc1ccc(C)c2sc(N(CCCN3CCOCC3)C(=O)c3ccccc3Oc3ccccc3)nc12. The molecule has 0 spiro atoms. The lowest BCUT2D eigenvalue weighted by Gasteiger charge is -2.28. The number of fused-ring (bicyclic) bond motifs is 1. The number of methoxy groups -OCH3 is 1. The van der Waals surface area contributed by atoms with E-state index in [0.717, 1.165) is 55.0 Å². The van der Waals surface area contributed by atoms with E-state index in [0.29, 0.717) is 34.5 Å². The third-order valence-corrected chi connectivity index (χ3v) is 7.65. The molecule has 0 unspecified atom stereocenters. The molecule has 0 aliphatic carbocycles. The molecule has 5 rings (SSSR count). The van der Waals surface area contributed by atoms with Crippen molar-refractivity contribution in [3.63, 3.8) is 0 Å². The fourth-order valence-corrected chi connectivity index (χ4v) is 5.51. The number of aromatic nitrogens is 1. The molecule has 1 aliphatic rings. The molecule has 8 heteroatoms. The predicted octanol–water partition coefficient (Wildman–Crippen LogP) is 5.77. The molecule has 1 amide bonds. The fourth-order valence-electron chi connectivity index (χ4n) is 4.43. The summed E-state index contributed by atoms with van der Waals surface area (Å²) in [5.41, 5.74) is 2.39. The van der Waals surface area contributed by atoms with Crippen LogP contribution >= 0.6 is 11.3 Å². The van der Waals surface area contributed by atoms with Crippen molar-refractivity contribution in [1.29, 1.82) is 0 Å². The van der Waals surface area contributed by atoms with Gasteiger partial charge >= 0.3 is 0 Å². The summed E-state index contributed by atoms with van der Waals surface area (Å²) in [6, 6.07) is 20.9. The average molecular weight is 518 g/mol. The van der Waals surface area contributed by atoms with E-state index >= 15 is 0 Å². The first kappa shape index (κ1) is 25.2. The minimum absolute atomic E-state index is 0.135. The summed E-state index contributed by atoms with van der Waals surface area (Å²) in [6.07, 6.45) is 0.819. The number of anilines is 1. The van der Waals surface area contributed by atoms with Crippen molar-refractivity contribution in [2.24, 2.45) is 0 Å². The van der Waals surface area contributed by atoms with Crippen molar-refractivity contribution in [3.05, 3.63) is 77.9 Å². The standard InChI is InChI=1S/C29H31N3O4S/c1-21-13-14-25(34-2)26-27(21)37-29(30-26)32(16-8-15-31-17-19-35-20-18-31)28(33)23-11-6-7-12-24(23)36-22-9-4-3-5-10-22/h3-7,9-14H,8,15-20H2,1-2H3. The quantitative estimate of drug-likeness (QED) is 0.281. The van der Waals surface area contributed by atoms with Gasteiger partial charge in [-0.15, -0.1) is 0 Å². The van der Waals surface area contributed by atoms with E-state index in [4.69, 9.17) is 19.2 Å². The molecule has 192 valence electrons. The van der Waals surface area contributed by atoms with Gasteiger partial charge in [0.05, 0.1) is 30.6 Å². The second-order valence-electron chi connectivity index (χ2n) is 8.93. The highest BCUT2D eigenvalue weighted by molar-refractivity contribution is 7.22. The van der Waals surface area contributed by atoms with Gasteiger partial charge in [-0.25, -0.2) is 4.98 Å². The van der Waals surface area contributed by atoms with Gasteiger partial charge in [-0.2, -0.15) is 0 Å². The Morgan fingerprint density at radius 2 is 1.78 bits per heavy atom. The van der Waals surface area contributed by atoms with E-state index in [-0.39, 0.29) is 5.91 Å². The Morgan fingerprint density at radius 1 is 1.03 bits per heavy atom. The van der Waals surface area contributed by atoms with Crippen LogP contribution in [0.1, 0.15) is 22.3 Å². The number of para-hydroxylation sites is 2. The first-order chi connectivity index (χ1) is 18.1. The number of carbonyl (C=O) groups is 1. The summed E-state index contributed by atoms with van der Waals surface area (Å²) in [5, 5.41) is 0.657. The molecule has 1 saturated heterocycles. The zero-order chi connectivity index (χ0) is 25.6. The highest BCUT2D eigenvalue weighted by Gasteiger charge is 2.25. The molecular weight excluding hydrogens is 486 g/mol. The van der Waals surface area contributed by atoms with Crippen LogP contribution < -0.4 is 14.4 Å². The Labute approximate surface area is 221 Å². The second kappa shape index (κ2) is 11.7. The molecule has 0 saturated carbocycles. The maximum Gasteiger partial charge on any atom is 0.263 e. The molecule has 0 radical (unpaired) electrons. The van der Waals surface area contributed by atoms with Crippen LogP contribution in [-0.2, 0) is 4.74 Å². The molecule has 0 bridgehead atoms. The van der Waals surface area contributed by atoms with Crippen molar-refractivity contribution < 1.29 is 19.0 Å². The minimum atomic E-state index is -0.135. The third-order valence-electron chi connectivity index (χ3n) is 6.44. The summed E-state index contributed by atoms with van der Waals surface area (Å²) >= 11 is 1.52. The molecule has 1 fully saturated rings. The molecule has 4 aromatic rings. The summed E-state index contributed by atoms with van der Waals surface area (Å²) in [6.45, 7) is 6.82. The van der Waals surface area contributed by atoms with Crippen molar-refractivity contribution in [1.82, 2.24) is 9.88 Å². The number of thiazole rings is 1. The van der Waals surface area contributed by atoms with Crippen LogP contribution in [-0.4, -0.2) is 62.3 Å². The summed E-state index contributed by atoms with van der Waals surface area (Å²) in [4.78, 5) is 23.2. The average Bonchev–Trinajstić information content (AvgIpc) is 3.39. The van der Waals surface area contributed by atoms with Crippen LogP contribution in [0, 0.1) is 6.92 Å². The van der Waals surface area contributed by atoms with Crippen LogP contribution in [0.3, 0.4) is 0 Å². The normalized spacial score (nSPS) is 14.0. The van der Waals surface area contributed by atoms with E-state index in [1.807, 2.05) is 66.7 Å². The lowest BCUT2D eigenvalue weighted by atomic mass is 10.1. The Morgan fingerprint density at radius 3 is 2.57 bits per heavy atom. The smallest absolute Gasteiger partial charge is 0.263 e. The lowest BCUT2D eigenvalue weighted by molar-refractivity contribution is 0.0376. The summed E-state index contributed by atoms with van der Waals surface area (Å²) < 4.78 is 18.2. The lowest BCUT2D eigenvalue weighted by Crippen LogP contribution is -2.39. The summed E-state index contributed by atoms with van der Waals surface area (Å²) in [5.74, 6) is 1.77. The highest BCUT2D eigenvalue weighted by atomic mass is 32.1. The molecule has 1 aromatic heterocycles. The number of nitrogens with zero attached hydrogens (tertiary/aromatic N) is 3. The molecule has 0 atom stereocenters. The number of hydrogen-bond acceptors (Lipinski definition) is 7. The molecule has 0 N–H and O–H groups in total. The van der Waals surface area contributed by atoms with E-state index in [1.54, 1.807) is 12.0 Å². The molecule has 3 aromatic carbocycles. The Bertz CT molecular complexity index is 1350. The van der Waals surface area contributed by atoms with Crippen LogP contribution in [0.25, 0.3) is 10.2 Å². The van der Waals surface area contributed by atoms with E-state index in [2.05, 4.69) is 11.8 Å². The molecule has 7 nitrogen and oxygen atoms in total. The third kappa shape index (κ3) is 5.77. The Balaban J connectivity index is 1.47. The minimum Gasteiger partial charge on any atom is -0.494 e. The number of benzene rings is 3. The number of ether oxygens (including phenoxy) is 3. The maximum atomic E-state index is 14.1. The van der Waals surface area contributed by atoms with E-state index in [1.165, 1.54) is 11.3 Å². The Hall–Kier alpha value is -3.46. The topological polar surface area (TPSA) is 64.1 Å². The van der Waals surface area contributed by atoms with Gasteiger partial charge in [-0.1, -0.05) is 47.7 Å². The van der Waals surface area contributed by atoms with Gasteiger partial charge in [0.15, 0.2) is 5.13 Å². The second-order valence-corrected chi connectivity index (χ2v) is 9.91. The van der Waals surface area contributed by atoms with Crippen molar-refractivity contribution >= 4 is 32.6 Å². The summed E-state index contributed by atoms with van der Waals surface area (Å²) in [7, 11) is 1.64. The van der Waals surface area contributed by atoms with Crippen LogP contribution in [0.2, 0.25) is 0 Å². The van der Waals surface area contributed by atoms with Gasteiger partial charge in [0.25, 0.3) is 5.91 Å². The highest BCUT2D eigenvalue weighted by Crippen LogP contribution is 2.37. The van der Waals surface area contributed by atoms with Gasteiger partial charge in [0, 0.05) is 26.2 Å². The molecule has 37 heavy (non-hydrogen) atoms. The Kier molecular flexibility index (Phi) is 7.99. The molecular formula is C29H31N3O4S. The molecule has 2 heterocycles. The predicted molar refractivity (Wildman–Crippen MR) is 147 cm³/mol. The number of amides is 1. The molecule has 1 aliphatic heterocycles. The first-order valence-electron chi connectivity index (χ1n) is 12.5. The van der Waals surface area contributed by atoms with Crippen molar-refractivity contribution in [3.8, 4) is 17.2 Å². The van der Waals surface area contributed by atoms with Crippen LogP contribution in [0.15, 0.2) is 66.7 Å². The zero-order valence-electron chi connectivity index (χ0n) is 21.2.